The van der Waals surface area contributed by atoms with Crippen LogP contribution in [0.4, 0.5) is 0 Å². The van der Waals surface area contributed by atoms with Crippen molar-refractivity contribution in [2.24, 2.45) is 0 Å². The van der Waals surface area contributed by atoms with Gasteiger partial charge in [-0.2, -0.15) is 5.10 Å². The number of carboxylic acids is 1. The van der Waals surface area contributed by atoms with Crippen LogP contribution < -0.4 is 0 Å². The molecule has 2 aromatic rings. The average molecular weight is 209 g/mol. The van der Waals surface area contributed by atoms with Gasteiger partial charge in [0.15, 0.2) is 0 Å². The van der Waals surface area contributed by atoms with E-state index >= 15 is 0 Å². The van der Waals surface area contributed by atoms with E-state index in [2.05, 4.69) is 15.2 Å². The first-order valence-corrected chi connectivity index (χ1v) is 4.75. The molecule has 0 aliphatic carbocycles. The van der Waals surface area contributed by atoms with Gasteiger partial charge in [0.05, 0.1) is 28.0 Å². The molecule has 0 atom stereocenters. The number of aromatic nitrogens is 3. The van der Waals surface area contributed by atoms with Crippen molar-refractivity contribution in [3.63, 3.8) is 0 Å². The topological polar surface area (TPSA) is 78.9 Å². The number of nitrogens with zero attached hydrogens (tertiary/aromatic N) is 2. The summed E-state index contributed by atoms with van der Waals surface area (Å²) >= 11 is 1.39. The van der Waals surface area contributed by atoms with Crippen molar-refractivity contribution < 1.29 is 9.90 Å². The molecule has 6 heteroatoms. The van der Waals surface area contributed by atoms with Gasteiger partial charge in [-0.05, 0) is 6.92 Å². The van der Waals surface area contributed by atoms with Crippen LogP contribution in [0, 0.1) is 6.92 Å². The van der Waals surface area contributed by atoms with Crippen LogP contribution in [0.1, 0.15) is 16.1 Å². The molecule has 5 nitrogen and oxygen atoms in total. The molecule has 0 aliphatic rings. The zero-order valence-electron chi connectivity index (χ0n) is 7.31. The smallest absolute Gasteiger partial charge is 0.339 e. The number of rotatable bonds is 2. The highest BCUT2D eigenvalue weighted by atomic mass is 32.1. The number of carboxylic acid groups (broad SMARTS) is 1. The minimum absolute atomic E-state index is 0.178. The van der Waals surface area contributed by atoms with Gasteiger partial charge in [-0.1, -0.05) is 0 Å². The molecule has 0 amide bonds. The fourth-order valence-corrected chi connectivity index (χ4v) is 1.98. The molecule has 0 aliphatic heterocycles. The maximum absolute atomic E-state index is 10.8. The van der Waals surface area contributed by atoms with E-state index in [-0.39, 0.29) is 5.56 Å². The Balaban J connectivity index is 2.57. The van der Waals surface area contributed by atoms with Crippen LogP contribution in [0.15, 0.2) is 11.7 Å². The largest absolute Gasteiger partial charge is 0.478 e. The van der Waals surface area contributed by atoms with Gasteiger partial charge in [-0.25, -0.2) is 9.78 Å². The van der Waals surface area contributed by atoms with E-state index < -0.39 is 5.97 Å². The molecule has 0 spiro atoms. The number of aryl methyl sites for hydroxylation is 1. The number of thiazole rings is 1. The van der Waals surface area contributed by atoms with Gasteiger partial charge < -0.3 is 5.11 Å². The molecule has 0 saturated carbocycles. The Morgan fingerprint density at radius 3 is 3.00 bits per heavy atom. The number of H-pyrrole nitrogens is 1. The van der Waals surface area contributed by atoms with Crippen molar-refractivity contribution in [1.82, 2.24) is 15.2 Å². The van der Waals surface area contributed by atoms with Gasteiger partial charge in [-0.15, -0.1) is 11.3 Å². The molecule has 2 heterocycles. The van der Waals surface area contributed by atoms with Gasteiger partial charge in [-0.3, -0.25) is 5.10 Å². The third-order valence-corrected chi connectivity index (χ3v) is 2.79. The Kier molecular flexibility index (Phi) is 2.05. The second kappa shape index (κ2) is 3.22. The summed E-state index contributed by atoms with van der Waals surface area (Å²) in [7, 11) is 0. The van der Waals surface area contributed by atoms with E-state index in [0.29, 0.717) is 5.69 Å². The minimum atomic E-state index is -0.985. The third kappa shape index (κ3) is 1.29. The lowest BCUT2D eigenvalue weighted by Gasteiger charge is -1.95. The number of hydrogen-bond acceptors (Lipinski definition) is 4. The number of aromatic carboxylic acids is 1. The molecule has 2 aromatic heterocycles. The summed E-state index contributed by atoms with van der Waals surface area (Å²) in [6.07, 6.45) is 1.30. The molecule has 0 saturated heterocycles. The van der Waals surface area contributed by atoms with Crippen LogP contribution in [-0.2, 0) is 0 Å². The monoisotopic (exact) mass is 209 g/mol. The maximum atomic E-state index is 10.8. The normalized spacial score (nSPS) is 10.4. The summed E-state index contributed by atoms with van der Waals surface area (Å²) in [5.41, 5.74) is 3.19. The van der Waals surface area contributed by atoms with E-state index in [4.69, 9.17) is 5.11 Å². The number of hydrogen-bond donors (Lipinski definition) is 2. The van der Waals surface area contributed by atoms with Gasteiger partial charge in [0.2, 0.25) is 0 Å². The predicted octanol–water partition coefficient (Wildman–Crippen LogP) is 1.54. The van der Waals surface area contributed by atoms with Gasteiger partial charge in [0, 0.05) is 0 Å². The number of aromatic amines is 1. The lowest BCUT2D eigenvalue weighted by molar-refractivity contribution is 0.0698. The van der Waals surface area contributed by atoms with Crippen molar-refractivity contribution >= 4 is 17.3 Å². The van der Waals surface area contributed by atoms with Crippen LogP contribution in [-0.4, -0.2) is 26.3 Å². The van der Waals surface area contributed by atoms with Gasteiger partial charge >= 0.3 is 5.97 Å². The summed E-state index contributed by atoms with van der Waals surface area (Å²) < 4.78 is 0. The number of carbonyl (C=O) groups is 1. The SMILES string of the molecule is Cc1ncsc1-c1[nH]ncc1C(=O)O. The maximum Gasteiger partial charge on any atom is 0.339 e. The quantitative estimate of drug-likeness (QED) is 0.786. The number of nitrogens with one attached hydrogen (secondary N) is 1. The van der Waals surface area contributed by atoms with E-state index in [0.717, 1.165) is 10.6 Å². The van der Waals surface area contributed by atoms with Crippen molar-refractivity contribution in [3.8, 4) is 10.6 Å². The van der Waals surface area contributed by atoms with E-state index in [9.17, 15) is 4.79 Å². The van der Waals surface area contributed by atoms with Crippen LogP contribution in [0.25, 0.3) is 10.6 Å². The van der Waals surface area contributed by atoms with Crippen molar-refractivity contribution in [2.75, 3.05) is 0 Å². The summed E-state index contributed by atoms with van der Waals surface area (Å²) in [5.74, 6) is -0.985. The van der Waals surface area contributed by atoms with Crippen LogP contribution in [0.2, 0.25) is 0 Å². The molecule has 72 valence electrons. The molecular formula is C8H7N3O2S. The highest BCUT2D eigenvalue weighted by Crippen LogP contribution is 2.27. The first kappa shape index (κ1) is 8.89. The Labute approximate surface area is 83.4 Å². The first-order chi connectivity index (χ1) is 6.70. The van der Waals surface area contributed by atoms with Crippen LogP contribution in [0.5, 0.6) is 0 Å². The zero-order chi connectivity index (χ0) is 10.1. The second-order valence-corrected chi connectivity index (χ2v) is 3.59. The lowest BCUT2D eigenvalue weighted by atomic mass is 10.2. The van der Waals surface area contributed by atoms with E-state index in [1.165, 1.54) is 17.5 Å². The minimum Gasteiger partial charge on any atom is -0.478 e. The Morgan fingerprint density at radius 1 is 1.64 bits per heavy atom. The van der Waals surface area contributed by atoms with Crippen molar-refractivity contribution in [1.29, 1.82) is 0 Å². The molecule has 0 unspecified atom stereocenters. The summed E-state index contributed by atoms with van der Waals surface area (Å²) in [6.45, 7) is 1.83. The summed E-state index contributed by atoms with van der Waals surface area (Å²) in [4.78, 5) is 15.7. The Hall–Kier alpha value is -1.69. The van der Waals surface area contributed by atoms with E-state index in [1.807, 2.05) is 6.92 Å². The van der Waals surface area contributed by atoms with Gasteiger partial charge in [0.1, 0.15) is 5.56 Å². The highest BCUT2D eigenvalue weighted by molar-refractivity contribution is 7.13. The molecule has 0 fully saturated rings. The molecule has 0 radical (unpaired) electrons. The molecule has 2 rings (SSSR count). The van der Waals surface area contributed by atoms with Crippen molar-refractivity contribution in [2.45, 2.75) is 6.92 Å². The third-order valence-electron chi connectivity index (χ3n) is 1.84. The highest BCUT2D eigenvalue weighted by Gasteiger charge is 2.16. The lowest BCUT2D eigenvalue weighted by Crippen LogP contribution is -1.96. The predicted molar refractivity (Wildman–Crippen MR) is 51.4 cm³/mol. The molecule has 0 aromatic carbocycles. The van der Waals surface area contributed by atoms with Crippen molar-refractivity contribution in [3.05, 3.63) is 23.0 Å². The standard InChI is InChI=1S/C8H7N3O2S/c1-4-7(14-3-9-4)6-5(8(12)13)2-10-11-6/h2-3H,1H3,(H,10,11)(H,12,13). The fourth-order valence-electron chi connectivity index (χ4n) is 1.16. The van der Waals surface area contributed by atoms with E-state index in [1.54, 1.807) is 5.51 Å². The molecule has 2 N–H and O–H groups in total. The first-order valence-electron chi connectivity index (χ1n) is 3.87. The fraction of sp³-hybridized carbons (Fsp3) is 0.125. The average Bonchev–Trinajstić information content (AvgIpc) is 2.70. The van der Waals surface area contributed by atoms with Crippen LogP contribution >= 0.6 is 11.3 Å². The summed E-state index contributed by atoms with van der Waals surface area (Å²) in [6, 6.07) is 0. The molecular weight excluding hydrogens is 202 g/mol. The molecule has 0 bridgehead atoms. The Morgan fingerprint density at radius 2 is 2.43 bits per heavy atom. The second-order valence-electron chi connectivity index (χ2n) is 2.73. The Bertz CT molecular complexity index is 474. The zero-order valence-corrected chi connectivity index (χ0v) is 8.13. The molecule has 14 heavy (non-hydrogen) atoms. The van der Waals surface area contributed by atoms with Gasteiger partial charge in [0.25, 0.3) is 0 Å². The van der Waals surface area contributed by atoms with Crippen LogP contribution in [0.3, 0.4) is 0 Å². The summed E-state index contributed by atoms with van der Waals surface area (Å²) in [5, 5.41) is 15.3.